The number of anilines is 1. The molecule has 0 spiro atoms. The van der Waals surface area contributed by atoms with E-state index in [4.69, 9.17) is 0 Å². The largest absolute Gasteiger partial charge is 0.325 e. The van der Waals surface area contributed by atoms with Crippen molar-refractivity contribution in [3.8, 4) is 0 Å². The number of halogens is 1. The van der Waals surface area contributed by atoms with Gasteiger partial charge in [0, 0.05) is 16.8 Å². The van der Waals surface area contributed by atoms with Crippen molar-refractivity contribution >= 4 is 33.2 Å². The minimum absolute atomic E-state index is 0.100. The number of carbonyl (C=O) groups excluding carboxylic acids is 3. The Labute approximate surface area is 183 Å². The molecule has 1 N–H and O–H groups in total. The Morgan fingerprint density at radius 2 is 1.53 bits per heavy atom. The number of hydrogen-bond donors (Lipinski definition) is 1. The fourth-order valence-electron chi connectivity index (χ4n) is 3.50. The number of amides is 1. The van der Waals surface area contributed by atoms with E-state index in [-0.39, 0.29) is 21.7 Å². The number of fused-ring (bicyclic) bond motifs is 1. The maximum Gasteiger partial charge on any atom is 0.245 e. The molecule has 4 rings (SSSR count). The lowest BCUT2D eigenvalue weighted by Gasteiger charge is -2.33. The van der Waals surface area contributed by atoms with Crippen LogP contribution in [0, 0.1) is 5.82 Å². The minimum Gasteiger partial charge on any atom is -0.325 e. The van der Waals surface area contributed by atoms with Crippen LogP contribution in [0.15, 0.2) is 83.8 Å². The summed E-state index contributed by atoms with van der Waals surface area (Å²) >= 11 is 0. The van der Waals surface area contributed by atoms with Crippen molar-refractivity contribution in [3.63, 3.8) is 0 Å². The molecule has 0 radical (unpaired) electrons. The lowest BCUT2D eigenvalue weighted by Crippen LogP contribution is -2.55. The van der Waals surface area contributed by atoms with Crippen LogP contribution < -0.4 is 5.32 Å². The molecule has 9 heteroatoms. The summed E-state index contributed by atoms with van der Waals surface area (Å²) in [6.07, 6.45) is 0. The van der Waals surface area contributed by atoms with Gasteiger partial charge in [-0.15, -0.1) is 0 Å². The van der Waals surface area contributed by atoms with E-state index in [1.807, 2.05) is 0 Å². The Morgan fingerprint density at radius 1 is 0.906 bits per heavy atom. The lowest BCUT2D eigenvalue weighted by molar-refractivity contribution is -0.116. The van der Waals surface area contributed by atoms with Gasteiger partial charge in [-0.25, -0.2) is 12.8 Å². The Morgan fingerprint density at radius 3 is 2.22 bits per heavy atom. The van der Waals surface area contributed by atoms with Crippen molar-refractivity contribution in [2.75, 3.05) is 11.9 Å². The number of rotatable bonds is 5. The van der Waals surface area contributed by atoms with Crippen LogP contribution in [0.4, 0.5) is 10.1 Å². The van der Waals surface area contributed by atoms with Crippen molar-refractivity contribution in [1.82, 2.24) is 4.31 Å². The number of sulfonamides is 1. The first-order chi connectivity index (χ1) is 15.3. The van der Waals surface area contributed by atoms with Crippen LogP contribution in [-0.4, -0.2) is 42.8 Å². The van der Waals surface area contributed by atoms with E-state index in [2.05, 4.69) is 5.32 Å². The Balaban J connectivity index is 1.73. The Hall–Kier alpha value is -3.69. The third kappa shape index (κ3) is 3.95. The van der Waals surface area contributed by atoms with E-state index in [0.29, 0.717) is 4.31 Å². The zero-order chi connectivity index (χ0) is 22.9. The van der Waals surface area contributed by atoms with Crippen LogP contribution in [0.2, 0.25) is 0 Å². The van der Waals surface area contributed by atoms with Gasteiger partial charge in [0.2, 0.25) is 15.9 Å². The maximum absolute atomic E-state index is 13.3. The highest BCUT2D eigenvalue weighted by Crippen LogP contribution is 2.31. The van der Waals surface area contributed by atoms with Crippen molar-refractivity contribution < 1.29 is 27.2 Å². The lowest BCUT2D eigenvalue weighted by atomic mass is 9.96. The third-order valence-electron chi connectivity index (χ3n) is 5.01. The molecule has 7 nitrogen and oxygen atoms in total. The summed E-state index contributed by atoms with van der Waals surface area (Å²) in [6, 6.07) is 16.5. The normalized spacial score (nSPS) is 17.4. The number of nitrogens with zero attached hydrogens (tertiary/aromatic N) is 1. The predicted molar refractivity (Wildman–Crippen MR) is 114 cm³/mol. The summed E-state index contributed by atoms with van der Waals surface area (Å²) in [6.45, 7) is -0.775. The summed E-state index contributed by atoms with van der Waals surface area (Å²) in [5, 5.41) is 2.46. The summed E-state index contributed by atoms with van der Waals surface area (Å²) in [7, 11) is -4.34. The average molecular weight is 452 g/mol. The molecule has 0 aliphatic carbocycles. The standard InChI is InChI=1S/C23H17FN2O5S/c24-16-10-12-17(13-11-16)25-20(27)14-26-21(22(28)15-6-2-1-3-7-15)23(29)18-8-4-5-9-19(18)32(26,30)31/h1-13,21H,14H2,(H,25,27). The van der Waals surface area contributed by atoms with Crippen molar-refractivity contribution in [2.24, 2.45) is 0 Å². The zero-order valence-corrected chi connectivity index (χ0v) is 17.4. The van der Waals surface area contributed by atoms with E-state index in [1.165, 1.54) is 48.5 Å². The predicted octanol–water partition coefficient (Wildman–Crippen LogP) is 2.90. The van der Waals surface area contributed by atoms with E-state index in [0.717, 1.165) is 12.1 Å². The number of Topliss-reactive ketones (excluding diaryl/α,β-unsaturated/α-hetero) is 2. The fourth-order valence-corrected chi connectivity index (χ4v) is 5.21. The van der Waals surface area contributed by atoms with Gasteiger partial charge in [-0.3, -0.25) is 14.4 Å². The first-order valence-electron chi connectivity index (χ1n) is 9.59. The summed E-state index contributed by atoms with van der Waals surface area (Å²) in [5.74, 6) is -2.72. The summed E-state index contributed by atoms with van der Waals surface area (Å²) in [4.78, 5) is 38.8. The van der Waals surface area contributed by atoms with E-state index >= 15 is 0 Å². The molecule has 0 saturated heterocycles. The molecule has 1 aliphatic rings. The number of benzene rings is 3. The van der Waals surface area contributed by atoms with Gasteiger partial charge >= 0.3 is 0 Å². The van der Waals surface area contributed by atoms with Gasteiger partial charge in [0.25, 0.3) is 0 Å². The molecule has 3 aromatic rings. The molecule has 1 amide bonds. The number of carbonyl (C=O) groups is 3. The molecule has 162 valence electrons. The first kappa shape index (κ1) is 21.5. The number of hydrogen-bond acceptors (Lipinski definition) is 5. The van der Waals surface area contributed by atoms with Crippen LogP contribution in [0.1, 0.15) is 20.7 Å². The van der Waals surface area contributed by atoms with Crippen LogP contribution in [0.5, 0.6) is 0 Å². The first-order valence-corrected chi connectivity index (χ1v) is 11.0. The van der Waals surface area contributed by atoms with Gasteiger partial charge in [0.1, 0.15) is 5.82 Å². The van der Waals surface area contributed by atoms with Crippen molar-refractivity contribution in [3.05, 3.63) is 95.8 Å². The van der Waals surface area contributed by atoms with Crippen LogP contribution in [-0.2, 0) is 14.8 Å². The van der Waals surface area contributed by atoms with Gasteiger partial charge in [-0.05, 0) is 36.4 Å². The molecule has 0 aromatic heterocycles. The molecule has 0 bridgehead atoms. The van der Waals surface area contributed by atoms with E-state index in [9.17, 15) is 27.2 Å². The van der Waals surface area contributed by atoms with Crippen LogP contribution in [0.25, 0.3) is 0 Å². The molecule has 0 saturated carbocycles. The average Bonchev–Trinajstić information content (AvgIpc) is 2.79. The Bertz CT molecular complexity index is 1310. The van der Waals surface area contributed by atoms with Crippen LogP contribution >= 0.6 is 0 Å². The quantitative estimate of drug-likeness (QED) is 0.474. The molecule has 1 unspecified atom stereocenters. The van der Waals surface area contributed by atoms with Crippen molar-refractivity contribution in [2.45, 2.75) is 10.9 Å². The third-order valence-corrected chi connectivity index (χ3v) is 6.88. The topological polar surface area (TPSA) is 101 Å². The second kappa shape index (κ2) is 8.45. The molecule has 1 atom stereocenters. The molecular weight excluding hydrogens is 435 g/mol. The summed E-state index contributed by atoms with van der Waals surface area (Å²) < 4.78 is 40.4. The highest BCUT2D eigenvalue weighted by molar-refractivity contribution is 7.89. The van der Waals surface area contributed by atoms with Crippen molar-refractivity contribution in [1.29, 1.82) is 0 Å². The molecular formula is C23H17FN2O5S. The molecule has 32 heavy (non-hydrogen) atoms. The van der Waals surface area contributed by atoms with E-state index < -0.39 is 45.9 Å². The van der Waals surface area contributed by atoms with Crippen LogP contribution in [0.3, 0.4) is 0 Å². The molecule has 1 heterocycles. The highest BCUT2D eigenvalue weighted by Gasteiger charge is 2.48. The van der Waals surface area contributed by atoms with Gasteiger partial charge in [-0.1, -0.05) is 42.5 Å². The van der Waals surface area contributed by atoms with Gasteiger partial charge in [0.05, 0.1) is 11.4 Å². The number of nitrogens with one attached hydrogen (secondary N) is 1. The van der Waals surface area contributed by atoms with Gasteiger partial charge in [0.15, 0.2) is 17.6 Å². The smallest absolute Gasteiger partial charge is 0.245 e. The number of ketones is 2. The molecule has 1 aliphatic heterocycles. The minimum atomic E-state index is -4.34. The zero-order valence-electron chi connectivity index (χ0n) is 16.6. The molecule has 0 fully saturated rings. The maximum atomic E-state index is 13.3. The molecule has 3 aromatic carbocycles. The van der Waals surface area contributed by atoms with Gasteiger partial charge in [-0.2, -0.15) is 4.31 Å². The fraction of sp³-hybridized carbons (Fsp3) is 0.0870. The van der Waals surface area contributed by atoms with Gasteiger partial charge < -0.3 is 5.32 Å². The Kier molecular flexibility index (Phi) is 5.68. The second-order valence-electron chi connectivity index (χ2n) is 7.10. The van der Waals surface area contributed by atoms with E-state index in [1.54, 1.807) is 18.2 Å². The summed E-state index contributed by atoms with van der Waals surface area (Å²) in [5.41, 5.74) is 0.282. The SMILES string of the molecule is O=C(CN1C(C(=O)c2ccccc2)C(=O)c2ccccc2S1(=O)=O)Nc1ccc(F)cc1. The highest BCUT2D eigenvalue weighted by atomic mass is 32.2. The second-order valence-corrected chi connectivity index (χ2v) is 8.96. The monoisotopic (exact) mass is 452 g/mol.